The van der Waals surface area contributed by atoms with Crippen LogP contribution in [-0.4, -0.2) is 18.3 Å². The van der Waals surface area contributed by atoms with Crippen molar-refractivity contribution in [3.63, 3.8) is 0 Å². The Labute approximate surface area is 123 Å². The minimum atomic E-state index is -0.171. The van der Waals surface area contributed by atoms with Crippen molar-refractivity contribution in [2.75, 3.05) is 12.4 Å². The topological polar surface area (TPSA) is 29.1 Å². The maximum atomic E-state index is 11.8. The second kappa shape index (κ2) is 7.88. The van der Waals surface area contributed by atoms with E-state index in [0.29, 0.717) is 34.0 Å². The van der Waals surface area contributed by atoms with Crippen molar-refractivity contribution >= 4 is 40.7 Å². The van der Waals surface area contributed by atoms with Crippen LogP contribution in [0.4, 0.5) is 0 Å². The predicted molar refractivity (Wildman–Crippen MR) is 77.9 cm³/mol. The number of amides is 1. The molecule has 1 aromatic carbocycles. The minimum absolute atomic E-state index is 0.171. The van der Waals surface area contributed by atoms with E-state index in [1.165, 1.54) is 0 Å². The number of carbonyl (C=O) groups is 1. The summed E-state index contributed by atoms with van der Waals surface area (Å²) in [7, 11) is 0. The van der Waals surface area contributed by atoms with E-state index in [9.17, 15) is 4.79 Å². The summed E-state index contributed by atoms with van der Waals surface area (Å²) in [4.78, 5) is 11.8. The molecule has 5 heteroatoms. The Morgan fingerprint density at radius 3 is 2.72 bits per heavy atom. The van der Waals surface area contributed by atoms with E-state index in [4.69, 9.17) is 34.8 Å². The van der Waals surface area contributed by atoms with E-state index in [-0.39, 0.29) is 5.91 Å². The molecule has 18 heavy (non-hydrogen) atoms. The summed E-state index contributed by atoms with van der Waals surface area (Å²) in [6.45, 7) is 2.71. The van der Waals surface area contributed by atoms with Crippen LogP contribution in [0.3, 0.4) is 0 Å². The molecule has 0 heterocycles. The smallest absolute Gasteiger partial charge is 0.252 e. The molecule has 0 radical (unpaired) electrons. The van der Waals surface area contributed by atoms with Gasteiger partial charge in [-0.1, -0.05) is 30.1 Å². The lowest BCUT2D eigenvalue weighted by Gasteiger charge is -2.09. The lowest BCUT2D eigenvalue weighted by molar-refractivity contribution is 0.0952. The van der Waals surface area contributed by atoms with Crippen LogP contribution in [0.15, 0.2) is 18.2 Å². The maximum absolute atomic E-state index is 11.8. The molecule has 100 valence electrons. The molecule has 1 aromatic rings. The summed E-state index contributed by atoms with van der Waals surface area (Å²) in [6, 6.07) is 4.84. The van der Waals surface area contributed by atoms with E-state index in [0.717, 1.165) is 12.8 Å². The van der Waals surface area contributed by atoms with Gasteiger partial charge in [-0.2, -0.15) is 0 Å². The first-order valence-corrected chi connectivity index (χ1v) is 7.13. The van der Waals surface area contributed by atoms with Crippen molar-refractivity contribution in [2.45, 2.75) is 19.8 Å². The molecule has 1 unspecified atom stereocenters. The van der Waals surface area contributed by atoms with Crippen LogP contribution >= 0.6 is 34.8 Å². The highest BCUT2D eigenvalue weighted by Crippen LogP contribution is 2.20. The zero-order chi connectivity index (χ0) is 13.5. The van der Waals surface area contributed by atoms with E-state index in [1.54, 1.807) is 18.2 Å². The van der Waals surface area contributed by atoms with Gasteiger partial charge in [0.25, 0.3) is 5.91 Å². The highest BCUT2D eigenvalue weighted by atomic mass is 35.5. The summed E-state index contributed by atoms with van der Waals surface area (Å²) in [5.74, 6) is 0.953. The molecule has 0 saturated heterocycles. The molecule has 1 amide bonds. The van der Waals surface area contributed by atoms with Gasteiger partial charge in [0.05, 0.1) is 10.6 Å². The monoisotopic (exact) mass is 307 g/mol. The van der Waals surface area contributed by atoms with Crippen LogP contribution in [0.2, 0.25) is 10.0 Å². The van der Waals surface area contributed by atoms with Crippen molar-refractivity contribution < 1.29 is 4.79 Å². The Morgan fingerprint density at radius 2 is 2.11 bits per heavy atom. The summed E-state index contributed by atoms with van der Waals surface area (Å²) in [5.41, 5.74) is 0.450. The number of hydrogen-bond donors (Lipinski definition) is 1. The fourth-order valence-electron chi connectivity index (χ4n) is 1.50. The largest absolute Gasteiger partial charge is 0.352 e. The SMILES string of the molecule is CC(CCl)CCCNC(=O)c1ccc(Cl)cc1Cl. The van der Waals surface area contributed by atoms with Crippen LogP contribution in [0.25, 0.3) is 0 Å². The van der Waals surface area contributed by atoms with Gasteiger partial charge in [-0.05, 0) is 37.0 Å². The van der Waals surface area contributed by atoms with E-state index in [1.807, 2.05) is 0 Å². The lowest BCUT2D eigenvalue weighted by atomic mass is 10.1. The highest BCUT2D eigenvalue weighted by molar-refractivity contribution is 6.36. The van der Waals surface area contributed by atoms with E-state index < -0.39 is 0 Å². The van der Waals surface area contributed by atoms with Gasteiger partial charge in [0.15, 0.2) is 0 Å². The standard InChI is InChI=1S/C13H16Cl3NO/c1-9(8-14)3-2-6-17-13(18)11-5-4-10(15)7-12(11)16/h4-5,7,9H,2-3,6,8H2,1H3,(H,17,18). The normalized spacial score (nSPS) is 12.2. The molecule has 0 bridgehead atoms. The maximum Gasteiger partial charge on any atom is 0.252 e. The Kier molecular flexibility index (Phi) is 6.83. The second-order valence-electron chi connectivity index (χ2n) is 4.28. The van der Waals surface area contributed by atoms with Crippen molar-refractivity contribution in [2.24, 2.45) is 5.92 Å². The molecule has 1 N–H and O–H groups in total. The third kappa shape index (κ3) is 5.05. The number of hydrogen-bond acceptors (Lipinski definition) is 1. The van der Waals surface area contributed by atoms with Gasteiger partial charge in [0.1, 0.15) is 0 Å². The first-order chi connectivity index (χ1) is 8.54. The molecular formula is C13H16Cl3NO. The molecule has 0 aliphatic heterocycles. The summed E-state index contributed by atoms with van der Waals surface area (Å²) in [5, 5.41) is 3.72. The Balaban J connectivity index is 2.41. The Morgan fingerprint density at radius 1 is 1.39 bits per heavy atom. The van der Waals surface area contributed by atoms with Gasteiger partial charge in [0, 0.05) is 17.4 Å². The second-order valence-corrected chi connectivity index (χ2v) is 5.43. The number of alkyl halides is 1. The summed E-state index contributed by atoms with van der Waals surface area (Å²) < 4.78 is 0. The molecule has 0 spiro atoms. The summed E-state index contributed by atoms with van der Waals surface area (Å²) in [6.07, 6.45) is 1.91. The molecule has 0 saturated carbocycles. The summed E-state index contributed by atoms with van der Waals surface area (Å²) >= 11 is 17.4. The van der Waals surface area contributed by atoms with Crippen LogP contribution in [0, 0.1) is 5.92 Å². The fourth-order valence-corrected chi connectivity index (χ4v) is 2.15. The van der Waals surface area contributed by atoms with Crippen molar-refractivity contribution in [3.05, 3.63) is 33.8 Å². The molecular weight excluding hydrogens is 293 g/mol. The van der Waals surface area contributed by atoms with Crippen molar-refractivity contribution in [1.82, 2.24) is 5.32 Å². The quantitative estimate of drug-likeness (QED) is 0.613. The zero-order valence-electron chi connectivity index (χ0n) is 10.2. The number of rotatable bonds is 6. The molecule has 0 aliphatic rings. The lowest BCUT2D eigenvalue weighted by Crippen LogP contribution is -2.25. The number of halogens is 3. The average molecular weight is 309 g/mol. The minimum Gasteiger partial charge on any atom is -0.352 e. The number of nitrogens with one attached hydrogen (secondary N) is 1. The predicted octanol–water partition coefficient (Wildman–Crippen LogP) is 4.38. The van der Waals surface area contributed by atoms with Crippen LogP contribution in [0.5, 0.6) is 0 Å². The van der Waals surface area contributed by atoms with E-state index >= 15 is 0 Å². The first-order valence-electron chi connectivity index (χ1n) is 5.83. The number of carbonyl (C=O) groups excluding carboxylic acids is 1. The molecule has 2 nitrogen and oxygen atoms in total. The molecule has 0 aromatic heterocycles. The van der Waals surface area contributed by atoms with Gasteiger partial charge in [-0.15, -0.1) is 11.6 Å². The highest BCUT2D eigenvalue weighted by Gasteiger charge is 2.10. The van der Waals surface area contributed by atoms with E-state index in [2.05, 4.69) is 12.2 Å². The number of benzene rings is 1. The Bertz CT molecular complexity index is 409. The third-order valence-corrected chi connectivity index (χ3v) is 3.67. The van der Waals surface area contributed by atoms with Gasteiger partial charge in [-0.3, -0.25) is 4.79 Å². The molecule has 1 atom stereocenters. The zero-order valence-corrected chi connectivity index (χ0v) is 12.4. The molecule has 0 aliphatic carbocycles. The fraction of sp³-hybridized carbons (Fsp3) is 0.462. The van der Waals surface area contributed by atoms with Gasteiger partial charge < -0.3 is 5.32 Å². The van der Waals surface area contributed by atoms with Crippen molar-refractivity contribution in [3.8, 4) is 0 Å². The Hall–Kier alpha value is -0.440. The van der Waals surface area contributed by atoms with Crippen LogP contribution < -0.4 is 5.32 Å². The first kappa shape index (κ1) is 15.6. The van der Waals surface area contributed by atoms with Crippen molar-refractivity contribution in [1.29, 1.82) is 0 Å². The molecule has 0 fully saturated rings. The van der Waals surface area contributed by atoms with Gasteiger partial charge in [0.2, 0.25) is 0 Å². The molecule has 1 rings (SSSR count). The third-order valence-electron chi connectivity index (χ3n) is 2.60. The van der Waals surface area contributed by atoms with Gasteiger partial charge in [-0.25, -0.2) is 0 Å². The van der Waals surface area contributed by atoms with Gasteiger partial charge >= 0.3 is 0 Å². The average Bonchev–Trinajstić information content (AvgIpc) is 2.34. The van der Waals surface area contributed by atoms with Crippen LogP contribution in [-0.2, 0) is 0 Å². The van der Waals surface area contributed by atoms with Crippen LogP contribution in [0.1, 0.15) is 30.1 Å².